The zero-order valence-corrected chi connectivity index (χ0v) is 16.9. The standard InChI is InChI=1S/C16H16Cl4O2Si/c1-23(2,3)16(9-7-5-4-6-8-9)22-15-12(19)10(17)14(21)11(18)13(15)20/h4-8,16,21H,1-3H3. The minimum atomic E-state index is -1.79. The zero-order valence-electron chi connectivity index (χ0n) is 12.8. The maximum absolute atomic E-state index is 9.82. The highest BCUT2D eigenvalue weighted by molar-refractivity contribution is 6.77. The third kappa shape index (κ3) is 3.91. The minimum absolute atomic E-state index is 0.0535. The van der Waals surface area contributed by atoms with Crippen LogP contribution in [-0.2, 0) is 0 Å². The van der Waals surface area contributed by atoms with E-state index in [1.54, 1.807) is 0 Å². The van der Waals surface area contributed by atoms with Crippen molar-refractivity contribution < 1.29 is 9.84 Å². The van der Waals surface area contributed by atoms with Gasteiger partial charge in [-0.3, -0.25) is 0 Å². The number of phenolic OH excluding ortho intramolecular Hbond substituents is 1. The van der Waals surface area contributed by atoms with Gasteiger partial charge in [0.1, 0.15) is 25.8 Å². The molecule has 0 spiro atoms. The number of phenols is 1. The van der Waals surface area contributed by atoms with Gasteiger partial charge in [-0.25, -0.2) is 0 Å². The Labute approximate surface area is 156 Å². The second kappa shape index (κ2) is 7.12. The summed E-state index contributed by atoms with van der Waals surface area (Å²) in [5.41, 5.74) is 0.828. The zero-order chi connectivity index (χ0) is 17.4. The molecule has 2 rings (SSSR count). The van der Waals surface area contributed by atoms with Gasteiger partial charge in [-0.2, -0.15) is 0 Å². The second-order valence-electron chi connectivity index (χ2n) is 6.21. The van der Waals surface area contributed by atoms with Crippen LogP contribution in [0.4, 0.5) is 0 Å². The summed E-state index contributed by atoms with van der Waals surface area (Å²) in [6.07, 6.45) is 0. The van der Waals surface area contributed by atoms with Crippen LogP contribution in [0, 0.1) is 0 Å². The van der Waals surface area contributed by atoms with Crippen LogP contribution < -0.4 is 4.74 Å². The molecule has 124 valence electrons. The van der Waals surface area contributed by atoms with Crippen molar-refractivity contribution in [3.05, 3.63) is 56.0 Å². The predicted molar refractivity (Wildman–Crippen MR) is 101 cm³/mol. The molecule has 7 heteroatoms. The molecule has 1 unspecified atom stereocenters. The van der Waals surface area contributed by atoms with Gasteiger partial charge in [0.25, 0.3) is 0 Å². The van der Waals surface area contributed by atoms with Crippen molar-refractivity contribution in [3.63, 3.8) is 0 Å². The SMILES string of the molecule is C[Si](C)(C)C(Oc1c(Cl)c(Cl)c(O)c(Cl)c1Cl)c1ccccc1. The van der Waals surface area contributed by atoms with Crippen molar-refractivity contribution in [3.8, 4) is 11.5 Å². The van der Waals surface area contributed by atoms with Crippen molar-refractivity contribution in [1.29, 1.82) is 0 Å². The van der Waals surface area contributed by atoms with Crippen LogP contribution in [-0.4, -0.2) is 13.2 Å². The van der Waals surface area contributed by atoms with Gasteiger partial charge in [0.2, 0.25) is 0 Å². The Bertz CT molecular complexity index is 685. The molecular formula is C16H16Cl4O2Si. The largest absolute Gasteiger partial charge is 0.505 e. The number of hydrogen-bond donors (Lipinski definition) is 1. The molecule has 2 nitrogen and oxygen atoms in total. The Morgan fingerprint density at radius 2 is 1.35 bits per heavy atom. The van der Waals surface area contributed by atoms with Crippen molar-refractivity contribution in [2.75, 3.05) is 0 Å². The highest BCUT2D eigenvalue weighted by atomic mass is 35.5. The van der Waals surface area contributed by atoms with E-state index in [0.29, 0.717) is 0 Å². The fourth-order valence-corrected chi connectivity index (χ4v) is 4.77. The van der Waals surface area contributed by atoms with E-state index in [2.05, 4.69) is 19.6 Å². The van der Waals surface area contributed by atoms with Gasteiger partial charge in [-0.05, 0) is 5.56 Å². The Balaban J connectivity index is 2.55. The Morgan fingerprint density at radius 3 is 1.78 bits per heavy atom. The maximum Gasteiger partial charge on any atom is 0.160 e. The van der Waals surface area contributed by atoms with Crippen molar-refractivity contribution in [2.24, 2.45) is 0 Å². The average Bonchev–Trinajstić information content (AvgIpc) is 2.51. The van der Waals surface area contributed by atoms with E-state index in [1.165, 1.54) is 0 Å². The Kier molecular flexibility index (Phi) is 5.80. The molecule has 0 aliphatic heterocycles. The molecule has 2 aromatic rings. The first-order valence-electron chi connectivity index (χ1n) is 6.91. The number of benzene rings is 2. The van der Waals surface area contributed by atoms with Crippen LogP contribution in [0.15, 0.2) is 30.3 Å². The number of halogens is 4. The summed E-state index contributed by atoms with van der Waals surface area (Å²) in [5.74, 6) is -0.155. The van der Waals surface area contributed by atoms with Gasteiger partial charge in [-0.1, -0.05) is 96.4 Å². The smallest absolute Gasteiger partial charge is 0.160 e. The van der Waals surface area contributed by atoms with Gasteiger partial charge in [0, 0.05) is 0 Å². The molecule has 0 saturated carbocycles. The Morgan fingerprint density at radius 1 is 0.870 bits per heavy atom. The number of aromatic hydroxyl groups is 1. The van der Waals surface area contributed by atoms with Gasteiger partial charge < -0.3 is 9.84 Å². The number of hydrogen-bond acceptors (Lipinski definition) is 2. The Hall–Kier alpha value is -0.583. The summed E-state index contributed by atoms with van der Waals surface area (Å²) in [4.78, 5) is 0. The molecule has 1 N–H and O–H groups in total. The summed E-state index contributed by atoms with van der Waals surface area (Å²) in [6, 6.07) is 9.83. The van der Waals surface area contributed by atoms with Gasteiger partial charge >= 0.3 is 0 Å². The molecule has 0 radical (unpaired) electrons. The van der Waals surface area contributed by atoms with Gasteiger partial charge in [0.05, 0.1) is 8.07 Å². The molecule has 2 aromatic carbocycles. The van der Waals surface area contributed by atoms with Crippen LogP contribution in [0.25, 0.3) is 0 Å². The first-order valence-corrected chi connectivity index (χ1v) is 12.0. The lowest BCUT2D eigenvalue weighted by Crippen LogP contribution is -2.35. The highest BCUT2D eigenvalue weighted by Crippen LogP contribution is 2.50. The lowest BCUT2D eigenvalue weighted by Gasteiger charge is -2.31. The molecule has 0 aliphatic rings. The average molecular weight is 410 g/mol. The molecule has 0 heterocycles. The summed E-state index contributed by atoms with van der Waals surface area (Å²) in [5, 5.41) is 9.79. The molecule has 0 aromatic heterocycles. The van der Waals surface area contributed by atoms with Crippen molar-refractivity contribution in [1.82, 2.24) is 0 Å². The van der Waals surface area contributed by atoms with Crippen LogP contribution in [0.5, 0.6) is 11.5 Å². The highest BCUT2D eigenvalue weighted by Gasteiger charge is 2.33. The summed E-state index contributed by atoms with van der Waals surface area (Å²) in [7, 11) is -1.79. The van der Waals surface area contributed by atoms with E-state index >= 15 is 0 Å². The van der Waals surface area contributed by atoms with E-state index < -0.39 is 8.07 Å². The normalized spacial score (nSPS) is 13.0. The van der Waals surface area contributed by atoms with Crippen LogP contribution in [0.2, 0.25) is 39.7 Å². The van der Waals surface area contributed by atoms with Crippen molar-refractivity contribution in [2.45, 2.75) is 25.4 Å². The number of ether oxygens (including phenoxy) is 1. The van der Waals surface area contributed by atoms with E-state index in [-0.39, 0.29) is 37.3 Å². The van der Waals surface area contributed by atoms with Crippen LogP contribution >= 0.6 is 46.4 Å². The molecule has 1 atom stereocenters. The molecule has 0 aliphatic carbocycles. The van der Waals surface area contributed by atoms with E-state index in [4.69, 9.17) is 51.1 Å². The first-order chi connectivity index (χ1) is 10.6. The van der Waals surface area contributed by atoms with Crippen molar-refractivity contribution >= 4 is 54.5 Å². The van der Waals surface area contributed by atoms with Gasteiger partial charge in [0.15, 0.2) is 11.5 Å². The molecule has 0 fully saturated rings. The van der Waals surface area contributed by atoms with E-state index in [0.717, 1.165) is 5.56 Å². The molecule has 0 saturated heterocycles. The lowest BCUT2D eigenvalue weighted by atomic mass is 10.2. The predicted octanol–water partition coefficient (Wildman–Crippen LogP) is 7.00. The molecule has 0 amide bonds. The minimum Gasteiger partial charge on any atom is -0.505 e. The summed E-state index contributed by atoms with van der Waals surface area (Å²) >= 11 is 24.4. The molecule has 23 heavy (non-hydrogen) atoms. The fraction of sp³-hybridized carbons (Fsp3) is 0.250. The molecular weight excluding hydrogens is 394 g/mol. The van der Waals surface area contributed by atoms with E-state index in [1.807, 2.05) is 30.3 Å². The van der Waals surface area contributed by atoms with E-state index in [9.17, 15) is 5.11 Å². The topological polar surface area (TPSA) is 29.5 Å². The fourth-order valence-electron chi connectivity index (χ4n) is 2.19. The quantitative estimate of drug-likeness (QED) is 0.434. The monoisotopic (exact) mass is 408 g/mol. The third-order valence-electron chi connectivity index (χ3n) is 3.32. The number of rotatable bonds is 4. The van der Waals surface area contributed by atoms with Crippen LogP contribution in [0.3, 0.4) is 0 Å². The molecule has 0 bridgehead atoms. The first kappa shape index (κ1) is 18.8. The van der Waals surface area contributed by atoms with Crippen LogP contribution in [0.1, 0.15) is 11.3 Å². The summed E-state index contributed by atoms with van der Waals surface area (Å²) < 4.78 is 6.16. The van der Waals surface area contributed by atoms with Gasteiger partial charge in [-0.15, -0.1) is 0 Å². The third-order valence-corrected chi connectivity index (χ3v) is 7.00. The lowest BCUT2D eigenvalue weighted by molar-refractivity contribution is 0.276. The summed E-state index contributed by atoms with van der Waals surface area (Å²) in [6.45, 7) is 6.53. The maximum atomic E-state index is 9.82. The second-order valence-corrected chi connectivity index (χ2v) is 13.0.